The summed E-state index contributed by atoms with van der Waals surface area (Å²) in [5.74, 6) is 1.02. The number of aryl methyl sites for hydroxylation is 1. The second-order valence-electron chi connectivity index (χ2n) is 7.15. The molecule has 0 unspecified atom stereocenters. The first-order valence-corrected chi connectivity index (χ1v) is 9.52. The topological polar surface area (TPSA) is 97.5 Å². The fourth-order valence-electron chi connectivity index (χ4n) is 3.65. The number of benzene rings is 1. The largest absolute Gasteiger partial charge is 0.490 e. The van der Waals surface area contributed by atoms with Gasteiger partial charge in [-0.05, 0) is 56.9 Å². The highest BCUT2D eigenvalue weighted by molar-refractivity contribution is 5.94. The van der Waals surface area contributed by atoms with Gasteiger partial charge in [0.15, 0.2) is 5.69 Å². The van der Waals surface area contributed by atoms with Crippen LogP contribution in [0.15, 0.2) is 41.1 Å². The Morgan fingerprint density at radius 1 is 1.29 bits per heavy atom. The first kappa shape index (κ1) is 18.4. The standard InChI is InChI=1S/C21H23N3O4/c1-13-18(12-25)20(24-28-13)21(26)23-15-4-6-16(7-5-15)27-17-8-9-19-14(11-17)3-2-10-22-19/h2-3,8-11,15-16,25H,4-7,12H2,1H3,(H,23,26). The SMILES string of the molecule is Cc1onc(C(=O)NC2CCC(Oc3ccc4ncccc4c3)CC2)c1CO. The van der Waals surface area contributed by atoms with Crippen molar-refractivity contribution in [2.24, 2.45) is 0 Å². The number of hydrogen-bond donors (Lipinski definition) is 2. The molecule has 1 aliphatic rings. The fourth-order valence-corrected chi connectivity index (χ4v) is 3.65. The molecule has 3 aromatic rings. The first-order valence-electron chi connectivity index (χ1n) is 9.52. The Morgan fingerprint density at radius 2 is 2.11 bits per heavy atom. The summed E-state index contributed by atoms with van der Waals surface area (Å²) < 4.78 is 11.2. The van der Waals surface area contributed by atoms with Crippen LogP contribution in [-0.4, -0.2) is 33.3 Å². The van der Waals surface area contributed by atoms with Gasteiger partial charge in [0.25, 0.3) is 5.91 Å². The monoisotopic (exact) mass is 381 g/mol. The number of aliphatic hydroxyl groups is 1. The Balaban J connectivity index is 1.32. The van der Waals surface area contributed by atoms with Gasteiger partial charge in [-0.3, -0.25) is 9.78 Å². The predicted octanol–water partition coefficient (Wildman–Crippen LogP) is 3.14. The van der Waals surface area contributed by atoms with Gasteiger partial charge in [0.1, 0.15) is 11.5 Å². The second kappa shape index (κ2) is 7.98. The minimum atomic E-state index is -0.299. The van der Waals surface area contributed by atoms with E-state index in [1.165, 1.54) is 0 Å². The van der Waals surface area contributed by atoms with Gasteiger partial charge in [0.2, 0.25) is 0 Å². The molecule has 0 saturated heterocycles. The number of ether oxygens (including phenoxy) is 1. The molecule has 2 N–H and O–H groups in total. The number of hydrogen-bond acceptors (Lipinski definition) is 6. The van der Waals surface area contributed by atoms with Crippen LogP contribution in [-0.2, 0) is 6.61 Å². The van der Waals surface area contributed by atoms with Crippen LogP contribution >= 0.6 is 0 Å². The Kier molecular flexibility index (Phi) is 5.25. The molecule has 28 heavy (non-hydrogen) atoms. The number of amides is 1. The van der Waals surface area contributed by atoms with Gasteiger partial charge in [-0.2, -0.15) is 0 Å². The van der Waals surface area contributed by atoms with Crippen LogP contribution in [0.2, 0.25) is 0 Å². The molecule has 0 aliphatic heterocycles. The third-order valence-electron chi connectivity index (χ3n) is 5.24. The maximum atomic E-state index is 12.4. The summed E-state index contributed by atoms with van der Waals surface area (Å²) in [6.45, 7) is 1.42. The van der Waals surface area contributed by atoms with E-state index in [9.17, 15) is 9.90 Å². The average molecular weight is 381 g/mol. The minimum Gasteiger partial charge on any atom is -0.490 e. The van der Waals surface area contributed by atoms with Crippen LogP contribution in [0.5, 0.6) is 5.75 Å². The van der Waals surface area contributed by atoms with Gasteiger partial charge in [-0.15, -0.1) is 0 Å². The molecule has 0 spiro atoms. The molecule has 1 saturated carbocycles. The molecule has 7 nitrogen and oxygen atoms in total. The second-order valence-corrected chi connectivity index (χ2v) is 7.15. The third kappa shape index (κ3) is 3.84. The molecular weight excluding hydrogens is 358 g/mol. The molecule has 0 radical (unpaired) electrons. The van der Waals surface area contributed by atoms with Crippen molar-refractivity contribution in [1.82, 2.24) is 15.5 Å². The van der Waals surface area contributed by atoms with E-state index < -0.39 is 0 Å². The lowest BCUT2D eigenvalue weighted by molar-refractivity contribution is 0.0882. The lowest BCUT2D eigenvalue weighted by Crippen LogP contribution is -2.40. The molecule has 1 aromatic carbocycles. The first-order chi connectivity index (χ1) is 13.6. The zero-order chi connectivity index (χ0) is 19.5. The van der Waals surface area contributed by atoms with Crippen molar-refractivity contribution in [3.63, 3.8) is 0 Å². The number of fused-ring (bicyclic) bond motifs is 1. The number of rotatable bonds is 5. The molecular formula is C21H23N3O4. The van der Waals surface area contributed by atoms with E-state index in [1.807, 2.05) is 30.3 Å². The summed E-state index contributed by atoms with van der Waals surface area (Å²) in [6.07, 6.45) is 5.29. The van der Waals surface area contributed by atoms with Crippen molar-refractivity contribution < 1.29 is 19.2 Å². The van der Waals surface area contributed by atoms with Crippen LogP contribution in [0.25, 0.3) is 10.9 Å². The average Bonchev–Trinajstić information content (AvgIpc) is 3.10. The summed E-state index contributed by atoms with van der Waals surface area (Å²) in [5, 5.41) is 17.2. The van der Waals surface area contributed by atoms with E-state index in [1.54, 1.807) is 13.1 Å². The normalized spacial score (nSPS) is 19.5. The lowest BCUT2D eigenvalue weighted by Gasteiger charge is -2.29. The van der Waals surface area contributed by atoms with Crippen molar-refractivity contribution in [3.8, 4) is 5.75 Å². The van der Waals surface area contributed by atoms with Gasteiger partial charge in [0.05, 0.1) is 23.8 Å². The van der Waals surface area contributed by atoms with Crippen molar-refractivity contribution in [2.45, 2.75) is 51.4 Å². The Hall–Kier alpha value is -2.93. The molecule has 4 rings (SSSR count). The number of aliphatic hydroxyl groups excluding tert-OH is 1. The van der Waals surface area contributed by atoms with Crippen LogP contribution < -0.4 is 10.1 Å². The number of carbonyl (C=O) groups is 1. The Bertz CT molecular complexity index is 977. The van der Waals surface area contributed by atoms with Crippen LogP contribution in [0, 0.1) is 6.92 Å². The highest BCUT2D eigenvalue weighted by atomic mass is 16.5. The van der Waals surface area contributed by atoms with Crippen LogP contribution in [0.3, 0.4) is 0 Å². The van der Waals surface area contributed by atoms with Crippen molar-refractivity contribution in [3.05, 3.63) is 53.5 Å². The molecule has 1 amide bonds. The quantitative estimate of drug-likeness (QED) is 0.705. The molecule has 0 atom stereocenters. The van der Waals surface area contributed by atoms with Crippen molar-refractivity contribution >= 4 is 16.8 Å². The van der Waals surface area contributed by atoms with Gasteiger partial charge in [-0.25, -0.2) is 0 Å². The number of pyridine rings is 1. The fraction of sp³-hybridized carbons (Fsp3) is 0.381. The molecule has 146 valence electrons. The number of aromatic nitrogens is 2. The van der Waals surface area contributed by atoms with Gasteiger partial charge in [-0.1, -0.05) is 11.2 Å². The lowest BCUT2D eigenvalue weighted by atomic mass is 9.92. The number of carbonyl (C=O) groups excluding carboxylic acids is 1. The van der Waals surface area contributed by atoms with Gasteiger partial charge >= 0.3 is 0 Å². The summed E-state index contributed by atoms with van der Waals surface area (Å²) >= 11 is 0. The van der Waals surface area contributed by atoms with E-state index in [2.05, 4.69) is 15.5 Å². The Labute approximate surface area is 162 Å². The van der Waals surface area contributed by atoms with E-state index in [0.29, 0.717) is 11.3 Å². The van der Waals surface area contributed by atoms with Crippen LogP contribution in [0.4, 0.5) is 0 Å². The van der Waals surface area contributed by atoms with E-state index in [-0.39, 0.29) is 30.4 Å². The smallest absolute Gasteiger partial charge is 0.274 e. The van der Waals surface area contributed by atoms with Crippen molar-refractivity contribution in [2.75, 3.05) is 0 Å². The maximum Gasteiger partial charge on any atom is 0.274 e. The van der Waals surface area contributed by atoms with E-state index in [4.69, 9.17) is 9.26 Å². The third-order valence-corrected chi connectivity index (χ3v) is 5.24. The number of nitrogens with one attached hydrogen (secondary N) is 1. The highest BCUT2D eigenvalue weighted by Gasteiger charge is 2.26. The number of nitrogens with zero attached hydrogens (tertiary/aromatic N) is 2. The van der Waals surface area contributed by atoms with Crippen LogP contribution in [0.1, 0.15) is 47.5 Å². The van der Waals surface area contributed by atoms with E-state index >= 15 is 0 Å². The zero-order valence-corrected chi connectivity index (χ0v) is 15.7. The summed E-state index contributed by atoms with van der Waals surface area (Å²) in [6, 6.07) is 9.94. The molecule has 1 aliphatic carbocycles. The summed E-state index contributed by atoms with van der Waals surface area (Å²) in [4.78, 5) is 16.7. The molecule has 1 fully saturated rings. The molecule has 2 aromatic heterocycles. The van der Waals surface area contributed by atoms with Gasteiger partial charge in [0, 0.05) is 17.6 Å². The maximum absolute atomic E-state index is 12.4. The molecule has 0 bridgehead atoms. The molecule has 7 heteroatoms. The minimum absolute atomic E-state index is 0.0664. The molecule has 2 heterocycles. The predicted molar refractivity (Wildman–Crippen MR) is 103 cm³/mol. The van der Waals surface area contributed by atoms with E-state index in [0.717, 1.165) is 42.3 Å². The zero-order valence-electron chi connectivity index (χ0n) is 15.7. The van der Waals surface area contributed by atoms with Crippen molar-refractivity contribution in [1.29, 1.82) is 0 Å². The summed E-state index contributed by atoms with van der Waals surface area (Å²) in [7, 11) is 0. The Morgan fingerprint density at radius 3 is 2.89 bits per heavy atom. The highest BCUT2D eigenvalue weighted by Crippen LogP contribution is 2.26. The van der Waals surface area contributed by atoms with Gasteiger partial charge < -0.3 is 19.7 Å². The summed E-state index contributed by atoms with van der Waals surface area (Å²) in [5.41, 5.74) is 1.56.